The highest BCUT2D eigenvalue weighted by Crippen LogP contribution is 2.24. The van der Waals surface area contributed by atoms with E-state index in [-0.39, 0.29) is 13.2 Å². The maximum atomic E-state index is 12.4. The lowest BCUT2D eigenvalue weighted by Gasteiger charge is -2.09. The summed E-state index contributed by atoms with van der Waals surface area (Å²) in [5, 5.41) is 4.53. The van der Waals surface area contributed by atoms with Gasteiger partial charge in [-0.15, -0.1) is 0 Å². The van der Waals surface area contributed by atoms with E-state index >= 15 is 0 Å². The van der Waals surface area contributed by atoms with Crippen LogP contribution in [0.3, 0.4) is 0 Å². The second kappa shape index (κ2) is 9.80. The normalized spacial score (nSPS) is 10.5. The van der Waals surface area contributed by atoms with Crippen molar-refractivity contribution >= 4 is 17.7 Å². The first-order chi connectivity index (χ1) is 13.7. The third-order valence-electron chi connectivity index (χ3n) is 3.67. The second-order valence-corrected chi connectivity index (χ2v) is 6.70. The van der Waals surface area contributed by atoms with E-state index < -0.39 is 5.97 Å². The molecule has 0 unspecified atom stereocenters. The van der Waals surface area contributed by atoms with Crippen molar-refractivity contribution in [3.63, 3.8) is 0 Å². The number of hydrogen-bond donors (Lipinski definition) is 0. The van der Waals surface area contributed by atoms with E-state index in [1.54, 1.807) is 49.7 Å². The lowest BCUT2D eigenvalue weighted by molar-refractivity contribution is 0.0445. The highest BCUT2D eigenvalue weighted by atomic mass is 32.2. The third-order valence-corrected chi connectivity index (χ3v) is 4.71. The van der Waals surface area contributed by atoms with E-state index in [9.17, 15) is 4.79 Å². The Morgan fingerprint density at radius 3 is 2.64 bits per heavy atom. The van der Waals surface area contributed by atoms with Gasteiger partial charge in [-0.05, 0) is 43.3 Å². The van der Waals surface area contributed by atoms with Crippen LogP contribution in [0, 0.1) is 6.92 Å². The molecule has 0 fully saturated rings. The lowest BCUT2D eigenvalue weighted by Crippen LogP contribution is -2.13. The minimum absolute atomic E-state index is 0.131. The van der Waals surface area contributed by atoms with Crippen molar-refractivity contribution in [2.75, 3.05) is 20.3 Å². The van der Waals surface area contributed by atoms with Crippen LogP contribution in [0.25, 0.3) is 0 Å². The van der Waals surface area contributed by atoms with E-state index in [0.717, 1.165) is 17.2 Å². The number of hydrogen-bond acceptors (Lipinski definition) is 8. The number of aromatic nitrogens is 2. The van der Waals surface area contributed by atoms with Crippen molar-refractivity contribution in [3.8, 4) is 11.5 Å². The molecule has 0 aliphatic rings. The molecule has 2 heterocycles. The predicted octanol–water partition coefficient (Wildman–Crippen LogP) is 3.91. The minimum Gasteiger partial charge on any atom is -0.497 e. The molecule has 0 amide bonds. The zero-order valence-corrected chi connectivity index (χ0v) is 16.4. The van der Waals surface area contributed by atoms with Gasteiger partial charge >= 0.3 is 5.97 Å². The summed E-state index contributed by atoms with van der Waals surface area (Å²) < 4.78 is 21.0. The molecular formula is C20H20N2O5S. The van der Waals surface area contributed by atoms with Crippen molar-refractivity contribution < 1.29 is 23.5 Å². The van der Waals surface area contributed by atoms with E-state index in [2.05, 4.69) is 10.1 Å². The Morgan fingerprint density at radius 2 is 1.93 bits per heavy atom. The second-order valence-electron chi connectivity index (χ2n) is 5.73. The van der Waals surface area contributed by atoms with Crippen LogP contribution < -0.4 is 9.47 Å². The summed E-state index contributed by atoms with van der Waals surface area (Å²) >= 11 is 1.40. The Balaban J connectivity index is 1.49. The number of ether oxygens (including phenoxy) is 3. The Labute approximate surface area is 167 Å². The molecule has 146 valence electrons. The molecule has 0 saturated carbocycles. The van der Waals surface area contributed by atoms with Crippen LogP contribution >= 0.6 is 11.8 Å². The topological polar surface area (TPSA) is 83.7 Å². The van der Waals surface area contributed by atoms with Crippen LogP contribution in [-0.4, -0.2) is 36.4 Å². The Kier molecular flexibility index (Phi) is 6.91. The van der Waals surface area contributed by atoms with Crippen LogP contribution in [0.15, 0.2) is 58.2 Å². The molecule has 3 aromatic rings. The van der Waals surface area contributed by atoms with Crippen molar-refractivity contribution in [2.45, 2.75) is 17.7 Å². The molecule has 3 rings (SSSR count). The molecule has 0 spiro atoms. The number of carbonyl (C=O) groups is 1. The van der Waals surface area contributed by atoms with Gasteiger partial charge in [-0.2, -0.15) is 0 Å². The number of esters is 1. The summed E-state index contributed by atoms with van der Waals surface area (Å²) in [5.74, 6) is 2.28. The molecule has 1 aromatic carbocycles. The Hall–Kier alpha value is -3.00. The number of pyridine rings is 1. The van der Waals surface area contributed by atoms with Crippen LogP contribution in [-0.2, 0) is 10.5 Å². The van der Waals surface area contributed by atoms with Gasteiger partial charge < -0.3 is 18.7 Å². The highest BCUT2D eigenvalue weighted by Gasteiger charge is 2.15. The number of nitrogens with zero attached hydrogens (tertiary/aromatic N) is 2. The first-order valence-corrected chi connectivity index (χ1v) is 9.58. The van der Waals surface area contributed by atoms with Crippen LogP contribution in [0.5, 0.6) is 11.5 Å². The first-order valence-electron chi connectivity index (χ1n) is 8.59. The molecule has 0 aliphatic heterocycles. The van der Waals surface area contributed by atoms with Gasteiger partial charge in [0.05, 0.1) is 18.4 Å². The number of methoxy groups -OCH3 is 1. The molecule has 0 aliphatic carbocycles. The average Bonchev–Trinajstić information content (AvgIpc) is 3.15. The molecule has 28 heavy (non-hydrogen) atoms. The molecule has 0 radical (unpaired) electrons. The fourth-order valence-electron chi connectivity index (χ4n) is 2.33. The van der Waals surface area contributed by atoms with E-state index in [1.165, 1.54) is 11.8 Å². The molecule has 0 saturated heterocycles. The molecule has 0 atom stereocenters. The monoisotopic (exact) mass is 400 g/mol. The first kappa shape index (κ1) is 19.8. The Bertz CT molecular complexity index is 911. The van der Waals surface area contributed by atoms with Gasteiger partial charge in [-0.1, -0.05) is 16.9 Å². The molecule has 2 aromatic heterocycles. The van der Waals surface area contributed by atoms with Crippen molar-refractivity contribution in [2.24, 2.45) is 0 Å². The standard InChI is InChI=1S/C20H20N2O5S/c1-14-12-15(22-27-14)13-28-19-18(4-3-9-21-19)20(23)26-11-10-25-17-7-5-16(24-2)6-8-17/h3-9,12H,10-11,13H2,1-2H3. The fourth-order valence-corrected chi connectivity index (χ4v) is 3.20. The molecule has 0 N–H and O–H groups in total. The molecule has 7 nitrogen and oxygen atoms in total. The smallest absolute Gasteiger partial charge is 0.341 e. The van der Waals surface area contributed by atoms with E-state index in [1.807, 2.05) is 13.0 Å². The zero-order valence-electron chi connectivity index (χ0n) is 15.6. The SMILES string of the molecule is COc1ccc(OCCOC(=O)c2cccnc2SCc2cc(C)on2)cc1. The van der Waals surface area contributed by atoms with Crippen molar-refractivity contribution in [1.29, 1.82) is 0 Å². The van der Waals surface area contributed by atoms with Gasteiger partial charge in [0.25, 0.3) is 0 Å². The maximum absolute atomic E-state index is 12.4. The van der Waals surface area contributed by atoms with E-state index in [0.29, 0.717) is 22.1 Å². The average molecular weight is 400 g/mol. The summed E-state index contributed by atoms with van der Waals surface area (Å²) in [7, 11) is 1.60. The van der Waals surface area contributed by atoms with Crippen LogP contribution in [0.1, 0.15) is 21.8 Å². The van der Waals surface area contributed by atoms with Crippen molar-refractivity contribution in [3.05, 3.63) is 65.7 Å². The number of thioether (sulfide) groups is 1. The number of benzene rings is 1. The van der Waals surface area contributed by atoms with E-state index in [4.69, 9.17) is 18.7 Å². The summed E-state index contributed by atoms with van der Waals surface area (Å²) in [6.07, 6.45) is 1.64. The van der Waals surface area contributed by atoms with Gasteiger partial charge in [0, 0.05) is 18.0 Å². The lowest BCUT2D eigenvalue weighted by atomic mass is 10.3. The van der Waals surface area contributed by atoms with Gasteiger partial charge in [0.15, 0.2) is 0 Å². The fraction of sp³-hybridized carbons (Fsp3) is 0.250. The quantitative estimate of drug-likeness (QED) is 0.304. The zero-order chi connectivity index (χ0) is 19.8. The summed E-state index contributed by atoms with van der Waals surface area (Å²) in [5.41, 5.74) is 1.21. The van der Waals surface area contributed by atoms with Crippen LogP contribution in [0.2, 0.25) is 0 Å². The predicted molar refractivity (Wildman–Crippen MR) is 104 cm³/mol. The number of carbonyl (C=O) groups excluding carboxylic acids is 1. The van der Waals surface area contributed by atoms with Gasteiger partial charge in [-0.3, -0.25) is 0 Å². The minimum atomic E-state index is -0.440. The van der Waals surface area contributed by atoms with Crippen LogP contribution in [0.4, 0.5) is 0 Å². The third kappa shape index (κ3) is 5.50. The molecular weight excluding hydrogens is 380 g/mol. The maximum Gasteiger partial charge on any atom is 0.341 e. The van der Waals surface area contributed by atoms with Gasteiger partial charge in [0.2, 0.25) is 0 Å². The largest absolute Gasteiger partial charge is 0.497 e. The number of aryl methyl sites for hydroxylation is 1. The van der Waals surface area contributed by atoms with Crippen molar-refractivity contribution in [1.82, 2.24) is 10.1 Å². The highest BCUT2D eigenvalue weighted by molar-refractivity contribution is 7.98. The Morgan fingerprint density at radius 1 is 1.14 bits per heavy atom. The molecule has 8 heteroatoms. The van der Waals surface area contributed by atoms with Gasteiger partial charge in [0.1, 0.15) is 35.5 Å². The summed E-state index contributed by atoms with van der Waals surface area (Å²) in [6, 6.07) is 12.4. The van der Waals surface area contributed by atoms with Gasteiger partial charge in [-0.25, -0.2) is 9.78 Å². The summed E-state index contributed by atoms with van der Waals surface area (Å²) in [4.78, 5) is 16.7. The molecule has 0 bridgehead atoms. The summed E-state index contributed by atoms with van der Waals surface area (Å²) in [6.45, 7) is 2.21. The number of rotatable bonds is 9.